The number of phenols is 1. The lowest BCUT2D eigenvalue weighted by molar-refractivity contribution is 0.0686. The van der Waals surface area contributed by atoms with E-state index in [4.69, 9.17) is 9.63 Å². The SMILES string of the molecule is CSc1ccc(-c2cc(C(=O)O)no2)cc1O. The van der Waals surface area contributed by atoms with Crippen molar-refractivity contribution in [2.75, 3.05) is 6.26 Å². The molecule has 2 N–H and O–H groups in total. The maximum absolute atomic E-state index is 10.6. The third kappa shape index (κ3) is 2.26. The van der Waals surface area contributed by atoms with Gasteiger partial charge in [-0.2, -0.15) is 0 Å². The number of phenolic OH excluding ortho intramolecular Hbond substituents is 1. The molecule has 1 heterocycles. The molecule has 2 rings (SSSR count). The molecule has 6 heteroatoms. The fraction of sp³-hybridized carbons (Fsp3) is 0.0909. The summed E-state index contributed by atoms with van der Waals surface area (Å²) in [5, 5.41) is 21.8. The van der Waals surface area contributed by atoms with Crippen LogP contribution in [0.4, 0.5) is 0 Å². The van der Waals surface area contributed by atoms with Gasteiger partial charge in [0.05, 0.1) is 0 Å². The van der Waals surface area contributed by atoms with Crippen LogP contribution in [0, 0.1) is 0 Å². The van der Waals surface area contributed by atoms with Crippen molar-refractivity contribution in [1.29, 1.82) is 0 Å². The summed E-state index contributed by atoms with van der Waals surface area (Å²) in [6, 6.07) is 6.30. The van der Waals surface area contributed by atoms with E-state index in [1.54, 1.807) is 12.1 Å². The molecule has 0 radical (unpaired) electrons. The van der Waals surface area contributed by atoms with E-state index < -0.39 is 5.97 Å². The maximum atomic E-state index is 10.6. The zero-order chi connectivity index (χ0) is 12.4. The molecule has 17 heavy (non-hydrogen) atoms. The van der Waals surface area contributed by atoms with Gasteiger partial charge in [0.1, 0.15) is 5.75 Å². The number of nitrogens with zero attached hydrogens (tertiary/aromatic N) is 1. The number of hydrogen-bond acceptors (Lipinski definition) is 5. The first-order valence-corrected chi connectivity index (χ1v) is 5.91. The fourth-order valence-corrected chi connectivity index (χ4v) is 1.83. The van der Waals surface area contributed by atoms with Crippen LogP contribution in [0.5, 0.6) is 5.75 Å². The number of carboxylic acids is 1. The molecule has 5 nitrogen and oxygen atoms in total. The minimum absolute atomic E-state index is 0.128. The Morgan fingerprint density at radius 1 is 1.41 bits per heavy atom. The van der Waals surface area contributed by atoms with Crippen LogP contribution in [0.2, 0.25) is 0 Å². The highest BCUT2D eigenvalue weighted by molar-refractivity contribution is 7.98. The molecule has 0 saturated heterocycles. The summed E-state index contributed by atoms with van der Waals surface area (Å²) in [5.41, 5.74) is 0.425. The van der Waals surface area contributed by atoms with Crippen molar-refractivity contribution in [2.45, 2.75) is 4.90 Å². The van der Waals surface area contributed by atoms with Crippen LogP contribution >= 0.6 is 11.8 Å². The van der Waals surface area contributed by atoms with Crippen molar-refractivity contribution in [3.63, 3.8) is 0 Å². The number of rotatable bonds is 3. The molecule has 0 bridgehead atoms. The van der Waals surface area contributed by atoms with Crippen molar-refractivity contribution in [2.24, 2.45) is 0 Å². The number of carboxylic acid groups (broad SMARTS) is 1. The molecule has 0 unspecified atom stereocenters. The minimum atomic E-state index is -1.15. The highest BCUT2D eigenvalue weighted by atomic mass is 32.2. The van der Waals surface area contributed by atoms with Crippen molar-refractivity contribution in [1.82, 2.24) is 5.16 Å². The Morgan fingerprint density at radius 3 is 2.71 bits per heavy atom. The van der Waals surface area contributed by atoms with Gasteiger partial charge in [0, 0.05) is 16.5 Å². The van der Waals surface area contributed by atoms with Crippen molar-refractivity contribution < 1.29 is 19.5 Å². The molecule has 0 aliphatic heterocycles. The van der Waals surface area contributed by atoms with E-state index in [9.17, 15) is 9.90 Å². The lowest BCUT2D eigenvalue weighted by atomic mass is 10.1. The summed E-state index contributed by atoms with van der Waals surface area (Å²) in [5.74, 6) is -0.710. The second kappa shape index (κ2) is 4.50. The Balaban J connectivity index is 2.39. The van der Waals surface area contributed by atoms with Crippen LogP contribution in [0.25, 0.3) is 11.3 Å². The number of hydrogen-bond donors (Lipinski definition) is 2. The van der Waals surface area contributed by atoms with E-state index in [0.29, 0.717) is 11.3 Å². The summed E-state index contributed by atoms with van der Waals surface area (Å²) in [7, 11) is 0. The van der Waals surface area contributed by atoms with Crippen molar-refractivity contribution >= 4 is 17.7 Å². The van der Waals surface area contributed by atoms with Crippen LogP contribution in [0.1, 0.15) is 10.5 Å². The molecule has 0 fully saturated rings. The Hall–Kier alpha value is -1.95. The summed E-state index contributed by atoms with van der Waals surface area (Å²) >= 11 is 1.42. The normalized spacial score (nSPS) is 10.4. The number of aromatic nitrogens is 1. The first-order chi connectivity index (χ1) is 8.11. The number of thioether (sulfide) groups is 1. The fourth-order valence-electron chi connectivity index (χ4n) is 1.36. The van der Waals surface area contributed by atoms with Gasteiger partial charge in [-0.15, -0.1) is 11.8 Å². The Kier molecular flexibility index (Phi) is 3.06. The molecule has 0 aliphatic carbocycles. The molecule has 1 aromatic heterocycles. The van der Waals surface area contributed by atoms with Crippen LogP contribution in [0.15, 0.2) is 33.7 Å². The predicted molar refractivity (Wildman–Crippen MR) is 62.3 cm³/mol. The van der Waals surface area contributed by atoms with E-state index >= 15 is 0 Å². The van der Waals surface area contributed by atoms with Gasteiger partial charge in [-0.3, -0.25) is 0 Å². The average Bonchev–Trinajstić information content (AvgIpc) is 2.78. The zero-order valence-electron chi connectivity index (χ0n) is 8.88. The molecule has 88 valence electrons. The number of carbonyl (C=O) groups is 1. The van der Waals surface area contributed by atoms with E-state index in [-0.39, 0.29) is 11.4 Å². The van der Waals surface area contributed by atoms with Gasteiger partial charge in [0.25, 0.3) is 0 Å². The second-order valence-electron chi connectivity index (χ2n) is 3.27. The number of aromatic carboxylic acids is 1. The van der Waals surface area contributed by atoms with Gasteiger partial charge >= 0.3 is 5.97 Å². The van der Waals surface area contributed by atoms with Crippen molar-refractivity contribution in [3.8, 4) is 17.1 Å². The number of benzene rings is 1. The lowest BCUT2D eigenvalue weighted by Gasteiger charge is -2.02. The summed E-state index contributed by atoms with van der Waals surface area (Å²) in [6.45, 7) is 0. The smallest absolute Gasteiger partial charge is 0.358 e. The zero-order valence-corrected chi connectivity index (χ0v) is 9.69. The van der Waals surface area contributed by atoms with E-state index in [0.717, 1.165) is 4.90 Å². The largest absolute Gasteiger partial charge is 0.507 e. The van der Waals surface area contributed by atoms with Gasteiger partial charge in [-0.1, -0.05) is 5.16 Å². The van der Waals surface area contributed by atoms with Gasteiger partial charge < -0.3 is 14.7 Å². The van der Waals surface area contributed by atoms with Crippen LogP contribution in [-0.2, 0) is 0 Å². The Bertz CT molecular complexity index is 564. The molecular weight excluding hydrogens is 242 g/mol. The van der Waals surface area contributed by atoms with Crippen molar-refractivity contribution in [3.05, 3.63) is 30.0 Å². The highest BCUT2D eigenvalue weighted by Crippen LogP contribution is 2.31. The van der Waals surface area contributed by atoms with Gasteiger partial charge in [0.15, 0.2) is 11.5 Å². The molecule has 2 aromatic rings. The molecule has 0 spiro atoms. The summed E-state index contributed by atoms with van der Waals surface area (Å²) in [6.07, 6.45) is 1.85. The first-order valence-electron chi connectivity index (χ1n) is 4.69. The second-order valence-corrected chi connectivity index (χ2v) is 4.12. The molecule has 0 aliphatic rings. The molecule has 0 amide bonds. The van der Waals surface area contributed by atoms with E-state index in [2.05, 4.69) is 5.16 Å². The average molecular weight is 251 g/mol. The summed E-state index contributed by atoms with van der Waals surface area (Å²) < 4.78 is 4.89. The minimum Gasteiger partial charge on any atom is -0.507 e. The standard InChI is InChI=1S/C11H9NO4S/c1-17-10-3-2-6(4-8(10)13)9-5-7(11(14)15)12-16-9/h2-5,13H,1H3,(H,14,15). The maximum Gasteiger partial charge on any atom is 0.358 e. The van der Waals surface area contributed by atoms with E-state index in [1.165, 1.54) is 23.9 Å². The van der Waals surface area contributed by atoms with Gasteiger partial charge in [-0.05, 0) is 24.5 Å². The van der Waals surface area contributed by atoms with Crippen LogP contribution < -0.4 is 0 Å². The van der Waals surface area contributed by atoms with Crippen LogP contribution in [-0.4, -0.2) is 27.6 Å². The Labute approximate surface area is 101 Å². The predicted octanol–water partition coefficient (Wildman–Crippen LogP) is 2.47. The molecule has 0 atom stereocenters. The molecule has 1 aromatic carbocycles. The lowest BCUT2D eigenvalue weighted by Crippen LogP contribution is -1.94. The third-order valence-electron chi connectivity index (χ3n) is 2.19. The van der Waals surface area contributed by atoms with Gasteiger partial charge in [0.2, 0.25) is 0 Å². The third-order valence-corrected chi connectivity index (χ3v) is 2.98. The summed E-state index contributed by atoms with van der Waals surface area (Å²) in [4.78, 5) is 11.4. The van der Waals surface area contributed by atoms with E-state index in [1.807, 2.05) is 6.26 Å². The highest BCUT2D eigenvalue weighted by Gasteiger charge is 2.13. The molecule has 0 saturated carbocycles. The molecular formula is C11H9NO4S. The quantitative estimate of drug-likeness (QED) is 0.815. The number of aromatic hydroxyl groups is 1. The monoisotopic (exact) mass is 251 g/mol. The Morgan fingerprint density at radius 2 is 2.18 bits per heavy atom. The topological polar surface area (TPSA) is 83.6 Å². The van der Waals surface area contributed by atoms with Crippen LogP contribution in [0.3, 0.4) is 0 Å². The first kappa shape index (κ1) is 11.5. The van der Waals surface area contributed by atoms with Gasteiger partial charge in [-0.25, -0.2) is 4.79 Å².